The number of esters is 2. The Kier molecular flexibility index (Phi) is 6.24. The molecular weight excluding hydrogens is 564 g/mol. The zero-order chi connectivity index (χ0) is 30.5. The quantitative estimate of drug-likeness (QED) is 0.0887. The lowest BCUT2D eigenvalue weighted by molar-refractivity contribution is -0.385. The van der Waals surface area contributed by atoms with Gasteiger partial charge in [0.25, 0.3) is 11.4 Å². The van der Waals surface area contributed by atoms with Crippen molar-refractivity contribution in [1.29, 1.82) is 0 Å². The topological polar surface area (TPSA) is 139 Å². The molecule has 214 valence electrons. The van der Waals surface area contributed by atoms with Crippen molar-refractivity contribution in [2.45, 2.75) is 11.8 Å². The van der Waals surface area contributed by atoms with Crippen molar-refractivity contribution >= 4 is 23.3 Å². The molecule has 10 nitrogen and oxygen atoms in total. The highest BCUT2D eigenvalue weighted by Crippen LogP contribution is 2.60. The first-order valence-corrected chi connectivity index (χ1v) is 13.6. The predicted molar refractivity (Wildman–Crippen MR) is 157 cm³/mol. The second-order valence-corrected chi connectivity index (χ2v) is 10.4. The fraction of sp³-hybridized carbons (Fsp3) is 0.0588. The lowest BCUT2D eigenvalue weighted by Gasteiger charge is -2.43. The van der Waals surface area contributed by atoms with E-state index in [4.69, 9.17) is 9.47 Å². The maximum atomic E-state index is 13.3. The van der Waals surface area contributed by atoms with Crippen molar-refractivity contribution in [3.63, 3.8) is 0 Å². The molecule has 2 bridgehead atoms. The number of hydrogen-bond donors (Lipinski definition) is 0. The molecule has 0 aromatic heterocycles. The van der Waals surface area contributed by atoms with Crippen molar-refractivity contribution in [3.8, 4) is 11.5 Å². The Morgan fingerprint density at radius 1 is 0.523 bits per heavy atom. The molecule has 0 fully saturated rings. The average Bonchev–Trinajstić information content (AvgIpc) is 3.05. The van der Waals surface area contributed by atoms with Crippen LogP contribution >= 0.6 is 0 Å². The van der Waals surface area contributed by atoms with Crippen LogP contribution in [0, 0.1) is 20.2 Å². The molecule has 44 heavy (non-hydrogen) atoms. The van der Waals surface area contributed by atoms with E-state index in [1.807, 2.05) is 48.5 Å². The first-order chi connectivity index (χ1) is 21.3. The number of nitro benzene ring substituents is 2. The van der Waals surface area contributed by atoms with E-state index in [0.29, 0.717) is 11.1 Å². The highest BCUT2D eigenvalue weighted by atomic mass is 16.6. The minimum Gasteiger partial charge on any atom is -0.423 e. The van der Waals surface area contributed by atoms with Gasteiger partial charge in [-0.1, -0.05) is 60.7 Å². The van der Waals surface area contributed by atoms with Crippen molar-refractivity contribution in [3.05, 3.63) is 174 Å². The van der Waals surface area contributed by atoms with Crippen LogP contribution in [0.3, 0.4) is 0 Å². The van der Waals surface area contributed by atoms with Gasteiger partial charge in [-0.15, -0.1) is 0 Å². The molecule has 0 radical (unpaired) electrons. The van der Waals surface area contributed by atoms with E-state index in [0.717, 1.165) is 34.4 Å². The molecule has 0 saturated heterocycles. The minimum absolute atomic E-state index is 0.0101. The van der Waals surface area contributed by atoms with Crippen molar-refractivity contribution < 1.29 is 28.9 Å². The summed E-state index contributed by atoms with van der Waals surface area (Å²) in [6.45, 7) is 0. The number of hydrogen-bond acceptors (Lipinski definition) is 8. The van der Waals surface area contributed by atoms with Gasteiger partial charge in [0.15, 0.2) is 0 Å². The van der Waals surface area contributed by atoms with Gasteiger partial charge < -0.3 is 9.47 Å². The Labute approximate surface area is 249 Å². The Hall–Kier alpha value is -6.16. The number of rotatable bonds is 6. The second-order valence-electron chi connectivity index (χ2n) is 10.4. The normalized spacial score (nSPS) is 15.4. The van der Waals surface area contributed by atoms with Gasteiger partial charge in [0, 0.05) is 47.2 Å². The van der Waals surface area contributed by atoms with Crippen LogP contribution in [0.5, 0.6) is 11.5 Å². The summed E-state index contributed by atoms with van der Waals surface area (Å²) in [4.78, 5) is 48.1. The van der Waals surface area contributed by atoms with Crippen LogP contribution in [0.1, 0.15) is 65.9 Å². The first-order valence-electron chi connectivity index (χ1n) is 13.6. The molecule has 8 rings (SSSR count). The molecule has 0 amide bonds. The molecule has 0 unspecified atom stereocenters. The molecular formula is C34H20N2O8. The molecule has 0 atom stereocenters. The van der Waals surface area contributed by atoms with E-state index in [9.17, 15) is 29.8 Å². The third-order valence-electron chi connectivity index (χ3n) is 8.01. The van der Waals surface area contributed by atoms with E-state index in [1.165, 1.54) is 48.5 Å². The van der Waals surface area contributed by atoms with Crippen LogP contribution in [0.2, 0.25) is 0 Å². The summed E-state index contributed by atoms with van der Waals surface area (Å²) in [5.41, 5.74) is 4.85. The van der Waals surface area contributed by atoms with Crippen LogP contribution < -0.4 is 9.47 Å². The van der Waals surface area contributed by atoms with Gasteiger partial charge in [-0.3, -0.25) is 20.2 Å². The van der Waals surface area contributed by atoms with E-state index in [1.54, 1.807) is 0 Å². The Balaban J connectivity index is 1.37. The monoisotopic (exact) mass is 584 g/mol. The van der Waals surface area contributed by atoms with Gasteiger partial charge in [0.05, 0.1) is 21.0 Å². The number of carbonyl (C=O) groups is 2. The number of carbonyl (C=O) groups excluding carboxylic acids is 2. The molecule has 0 saturated carbocycles. The summed E-state index contributed by atoms with van der Waals surface area (Å²) in [7, 11) is 0. The van der Waals surface area contributed by atoms with Gasteiger partial charge in [-0.25, -0.2) is 9.59 Å². The zero-order valence-corrected chi connectivity index (χ0v) is 22.7. The van der Waals surface area contributed by atoms with Crippen molar-refractivity contribution in [1.82, 2.24) is 0 Å². The van der Waals surface area contributed by atoms with Crippen LogP contribution in [-0.4, -0.2) is 21.8 Å². The first kappa shape index (κ1) is 26.7. The zero-order valence-electron chi connectivity index (χ0n) is 22.7. The smallest absolute Gasteiger partial charge is 0.343 e. The fourth-order valence-corrected chi connectivity index (χ4v) is 6.21. The summed E-state index contributed by atoms with van der Waals surface area (Å²) < 4.78 is 11.9. The molecule has 0 aliphatic heterocycles. The van der Waals surface area contributed by atoms with E-state index >= 15 is 0 Å². The Bertz CT molecular complexity index is 1860. The molecule has 3 aliphatic carbocycles. The maximum Gasteiger partial charge on any atom is 0.343 e. The van der Waals surface area contributed by atoms with Crippen molar-refractivity contribution in [2.24, 2.45) is 0 Å². The summed E-state index contributed by atoms with van der Waals surface area (Å²) in [5, 5.41) is 22.6. The SMILES string of the molecule is O=C(Oc1ccc(OC(=O)c2cccc([N+](=O)[O-])c2)c2c1C1c3ccccc3C2c2ccccc21)c1cccc([N+](=O)[O-])c1. The fourth-order valence-electron chi connectivity index (χ4n) is 6.21. The molecule has 10 heteroatoms. The molecule has 0 heterocycles. The van der Waals surface area contributed by atoms with E-state index in [-0.39, 0.29) is 45.8 Å². The van der Waals surface area contributed by atoms with E-state index < -0.39 is 21.8 Å². The van der Waals surface area contributed by atoms with Gasteiger partial charge in [0.2, 0.25) is 0 Å². The standard InChI is InChI=1S/C34H20N2O8/c37-33(19-7-5-9-21(17-19)35(39)40)43-27-15-16-28(44-34(38)20-8-6-10-22(18-20)36(41)42)32-30-24-12-2-1-11-23(24)29(31(27)32)25-13-3-4-14-26(25)30/h1-18,29-30H. The third kappa shape index (κ3) is 4.28. The van der Waals surface area contributed by atoms with E-state index in [2.05, 4.69) is 0 Å². The van der Waals surface area contributed by atoms with Crippen LogP contribution in [0.25, 0.3) is 0 Å². The molecule has 5 aromatic rings. The van der Waals surface area contributed by atoms with Crippen molar-refractivity contribution in [2.75, 3.05) is 0 Å². The molecule has 0 N–H and O–H groups in total. The largest absolute Gasteiger partial charge is 0.423 e. The average molecular weight is 585 g/mol. The summed E-state index contributed by atoms with van der Waals surface area (Å²) >= 11 is 0. The number of benzene rings is 5. The number of non-ortho nitro benzene ring substituents is 2. The summed E-state index contributed by atoms with van der Waals surface area (Å²) in [5.74, 6) is -1.84. The lowest BCUT2D eigenvalue weighted by Crippen LogP contribution is -2.29. The molecule has 5 aromatic carbocycles. The second kappa shape index (κ2) is 10.3. The number of nitro groups is 2. The summed E-state index contributed by atoms with van der Waals surface area (Å²) in [6.07, 6.45) is 0. The maximum absolute atomic E-state index is 13.3. The number of ether oxygens (including phenoxy) is 2. The van der Waals surface area contributed by atoms with Gasteiger partial charge in [0.1, 0.15) is 11.5 Å². The molecule has 3 aliphatic rings. The van der Waals surface area contributed by atoms with Gasteiger partial charge >= 0.3 is 11.9 Å². The van der Waals surface area contributed by atoms with Crippen LogP contribution in [0.4, 0.5) is 11.4 Å². The van der Waals surface area contributed by atoms with Crippen LogP contribution in [0.15, 0.2) is 109 Å². The molecule has 0 spiro atoms. The number of nitrogens with zero attached hydrogens (tertiary/aromatic N) is 2. The Morgan fingerprint density at radius 2 is 0.886 bits per heavy atom. The highest BCUT2D eigenvalue weighted by Gasteiger charge is 2.45. The van der Waals surface area contributed by atoms with Crippen LogP contribution in [-0.2, 0) is 0 Å². The van der Waals surface area contributed by atoms with Gasteiger partial charge in [-0.05, 0) is 46.5 Å². The van der Waals surface area contributed by atoms with Gasteiger partial charge in [-0.2, -0.15) is 0 Å². The predicted octanol–water partition coefficient (Wildman–Crippen LogP) is 6.93. The summed E-state index contributed by atoms with van der Waals surface area (Å²) in [6, 6.07) is 29.4. The third-order valence-corrected chi connectivity index (χ3v) is 8.01. The lowest BCUT2D eigenvalue weighted by atomic mass is 9.60. The minimum atomic E-state index is -0.778. The highest BCUT2D eigenvalue weighted by molar-refractivity contribution is 5.93. The Morgan fingerprint density at radius 3 is 1.23 bits per heavy atom.